The van der Waals surface area contributed by atoms with Crippen LogP contribution >= 0.6 is 0 Å². The molecule has 0 heterocycles. The Kier molecular flexibility index (Phi) is 7.70. The lowest BCUT2D eigenvalue weighted by molar-refractivity contribution is -0.151. The van der Waals surface area contributed by atoms with E-state index in [4.69, 9.17) is 0 Å². The van der Waals surface area contributed by atoms with E-state index in [9.17, 15) is 14.4 Å². The summed E-state index contributed by atoms with van der Waals surface area (Å²) in [5, 5.41) is 0. The second kappa shape index (κ2) is 8.41. The Morgan fingerprint density at radius 1 is 1.14 bits per heavy atom. The second-order valence-electron chi connectivity index (χ2n) is 3.03. The number of unbranched alkanes of at least 4 members (excludes halogenated alkanes) is 4. The van der Waals surface area contributed by atoms with Gasteiger partial charge in [0.05, 0.1) is 7.11 Å². The molecule has 0 rings (SSSR count). The van der Waals surface area contributed by atoms with Crippen molar-refractivity contribution in [1.82, 2.24) is 0 Å². The van der Waals surface area contributed by atoms with Crippen molar-refractivity contribution in [2.75, 3.05) is 7.11 Å². The number of rotatable bonds is 8. The Morgan fingerprint density at radius 3 is 2.36 bits per heavy atom. The Bertz CT molecular complexity index is 198. The molecule has 0 saturated heterocycles. The summed E-state index contributed by atoms with van der Waals surface area (Å²) in [6.45, 7) is 0. The number of hydrogen-bond donors (Lipinski definition) is 0. The van der Waals surface area contributed by atoms with E-state index < -0.39 is 11.8 Å². The highest BCUT2D eigenvalue weighted by molar-refractivity contribution is 6.33. The molecular formula is C10H16O4. The molecule has 0 amide bonds. The van der Waals surface area contributed by atoms with Gasteiger partial charge in [-0.15, -0.1) is 0 Å². The van der Waals surface area contributed by atoms with Gasteiger partial charge < -0.3 is 9.53 Å². The molecular weight excluding hydrogens is 184 g/mol. The van der Waals surface area contributed by atoms with Crippen molar-refractivity contribution < 1.29 is 19.1 Å². The van der Waals surface area contributed by atoms with Gasteiger partial charge in [0.15, 0.2) is 0 Å². The zero-order chi connectivity index (χ0) is 10.8. The third-order valence-corrected chi connectivity index (χ3v) is 1.89. The lowest BCUT2D eigenvalue weighted by Gasteiger charge is -1.98. The molecule has 0 unspecified atom stereocenters. The summed E-state index contributed by atoms with van der Waals surface area (Å²) in [6.07, 6.45) is 5.05. The molecule has 0 radical (unpaired) electrons. The highest BCUT2D eigenvalue weighted by Gasteiger charge is 2.12. The molecule has 0 atom stereocenters. The van der Waals surface area contributed by atoms with Gasteiger partial charge in [0, 0.05) is 12.8 Å². The van der Waals surface area contributed by atoms with Crippen molar-refractivity contribution in [3.63, 3.8) is 0 Å². The molecule has 0 aliphatic rings. The quantitative estimate of drug-likeness (QED) is 0.256. The summed E-state index contributed by atoms with van der Waals surface area (Å²) in [5.74, 6) is -1.24. The van der Waals surface area contributed by atoms with Crippen LogP contribution in [-0.2, 0) is 19.1 Å². The highest BCUT2D eigenvalue weighted by atomic mass is 16.5. The lowest BCUT2D eigenvalue weighted by atomic mass is 10.1. The lowest BCUT2D eigenvalue weighted by Crippen LogP contribution is -2.14. The number of Topliss-reactive ketones (excluding diaryl/α,β-unsaturated/α-hetero) is 1. The zero-order valence-electron chi connectivity index (χ0n) is 8.45. The highest BCUT2D eigenvalue weighted by Crippen LogP contribution is 2.05. The number of ketones is 1. The van der Waals surface area contributed by atoms with Gasteiger partial charge in [-0.05, 0) is 12.8 Å². The summed E-state index contributed by atoms with van der Waals surface area (Å²) in [5.41, 5.74) is 0. The number of ether oxygens (including phenoxy) is 1. The first-order valence-corrected chi connectivity index (χ1v) is 4.77. The molecule has 0 fully saturated rings. The van der Waals surface area contributed by atoms with Gasteiger partial charge >= 0.3 is 5.97 Å². The Balaban J connectivity index is 3.31. The van der Waals surface area contributed by atoms with Crippen LogP contribution in [0.1, 0.15) is 38.5 Å². The van der Waals surface area contributed by atoms with Crippen molar-refractivity contribution in [2.45, 2.75) is 38.5 Å². The Morgan fingerprint density at radius 2 is 1.79 bits per heavy atom. The van der Waals surface area contributed by atoms with Crippen LogP contribution in [0.2, 0.25) is 0 Å². The monoisotopic (exact) mass is 200 g/mol. The minimum atomic E-state index is -0.766. The van der Waals surface area contributed by atoms with Crippen LogP contribution in [0.15, 0.2) is 0 Å². The predicted octanol–water partition coefficient (Wildman–Crippen LogP) is 1.27. The molecule has 14 heavy (non-hydrogen) atoms. The van der Waals surface area contributed by atoms with Crippen molar-refractivity contribution in [3.8, 4) is 0 Å². The SMILES string of the molecule is COC(=O)C(=O)CCCCCCC=O. The molecule has 80 valence electrons. The zero-order valence-corrected chi connectivity index (χ0v) is 8.45. The standard InChI is InChI=1S/C10H16O4/c1-14-10(13)9(12)7-5-3-2-4-6-8-11/h8H,2-7H2,1H3. The molecule has 0 bridgehead atoms. The molecule has 0 saturated carbocycles. The van der Waals surface area contributed by atoms with E-state index in [-0.39, 0.29) is 6.42 Å². The van der Waals surface area contributed by atoms with Gasteiger partial charge in [0.2, 0.25) is 5.78 Å². The third-order valence-electron chi connectivity index (χ3n) is 1.89. The molecule has 0 aromatic heterocycles. The van der Waals surface area contributed by atoms with Crippen LogP contribution in [0.5, 0.6) is 0 Å². The van der Waals surface area contributed by atoms with Crippen LogP contribution in [-0.4, -0.2) is 25.1 Å². The van der Waals surface area contributed by atoms with Crippen LogP contribution in [0.25, 0.3) is 0 Å². The number of carbonyl (C=O) groups excluding carboxylic acids is 3. The third kappa shape index (κ3) is 6.34. The number of carbonyl (C=O) groups is 3. The first kappa shape index (κ1) is 12.8. The molecule has 0 spiro atoms. The van der Waals surface area contributed by atoms with Gasteiger partial charge in [0.25, 0.3) is 0 Å². The molecule has 0 aliphatic heterocycles. The summed E-state index contributed by atoms with van der Waals surface area (Å²) in [6, 6.07) is 0. The van der Waals surface area contributed by atoms with Gasteiger partial charge in [-0.3, -0.25) is 4.79 Å². The van der Waals surface area contributed by atoms with Gasteiger partial charge in [-0.1, -0.05) is 12.8 Å². The van der Waals surface area contributed by atoms with Crippen LogP contribution in [0.3, 0.4) is 0 Å². The molecule has 0 aromatic rings. The van der Waals surface area contributed by atoms with Crippen molar-refractivity contribution in [3.05, 3.63) is 0 Å². The summed E-state index contributed by atoms with van der Waals surface area (Å²) in [7, 11) is 1.20. The van der Waals surface area contributed by atoms with Gasteiger partial charge in [-0.25, -0.2) is 4.79 Å². The number of esters is 1. The van der Waals surface area contributed by atoms with Crippen LogP contribution < -0.4 is 0 Å². The van der Waals surface area contributed by atoms with Gasteiger partial charge in [-0.2, -0.15) is 0 Å². The largest absolute Gasteiger partial charge is 0.463 e. The summed E-state index contributed by atoms with van der Waals surface area (Å²) < 4.78 is 4.27. The van der Waals surface area contributed by atoms with E-state index >= 15 is 0 Å². The van der Waals surface area contributed by atoms with E-state index in [2.05, 4.69) is 4.74 Å². The van der Waals surface area contributed by atoms with E-state index in [0.29, 0.717) is 12.8 Å². The van der Waals surface area contributed by atoms with E-state index in [1.54, 1.807) is 0 Å². The molecule has 0 aromatic carbocycles. The van der Waals surface area contributed by atoms with E-state index in [0.717, 1.165) is 25.5 Å². The fourth-order valence-corrected chi connectivity index (χ4v) is 1.08. The smallest absolute Gasteiger partial charge is 0.374 e. The maximum Gasteiger partial charge on any atom is 0.374 e. The maximum atomic E-state index is 10.9. The first-order valence-electron chi connectivity index (χ1n) is 4.77. The minimum Gasteiger partial charge on any atom is -0.463 e. The average molecular weight is 200 g/mol. The average Bonchev–Trinajstić information content (AvgIpc) is 2.21. The molecule has 4 nitrogen and oxygen atoms in total. The first-order chi connectivity index (χ1) is 6.72. The van der Waals surface area contributed by atoms with Crippen molar-refractivity contribution >= 4 is 18.0 Å². The van der Waals surface area contributed by atoms with E-state index in [1.807, 2.05) is 0 Å². The second-order valence-corrected chi connectivity index (χ2v) is 3.03. The summed E-state index contributed by atoms with van der Waals surface area (Å²) >= 11 is 0. The van der Waals surface area contributed by atoms with Crippen molar-refractivity contribution in [1.29, 1.82) is 0 Å². The van der Waals surface area contributed by atoms with Crippen LogP contribution in [0, 0.1) is 0 Å². The van der Waals surface area contributed by atoms with Crippen LogP contribution in [0.4, 0.5) is 0 Å². The molecule has 0 aliphatic carbocycles. The number of methoxy groups -OCH3 is 1. The van der Waals surface area contributed by atoms with E-state index in [1.165, 1.54) is 7.11 Å². The van der Waals surface area contributed by atoms with Gasteiger partial charge in [0.1, 0.15) is 6.29 Å². The topological polar surface area (TPSA) is 60.4 Å². The Labute approximate surface area is 83.6 Å². The number of aldehydes is 1. The fourth-order valence-electron chi connectivity index (χ4n) is 1.08. The fraction of sp³-hybridized carbons (Fsp3) is 0.700. The maximum absolute atomic E-state index is 10.9. The number of hydrogen-bond acceptors (Lipinski definition) is 4. The van der Waals surface area contributed by atoms with Crippen molar-refractivity contribution in [2.24, 2.45) is 0 Å². The minimum absolute atomic E-state index is 0.244. The predicted molar refractivity (Wildman–Crippen MR) is 50.8 cm³/mol. The molecule has 0 N–H and O–H groups in total. The normalized spacial score (nSPS) is 9.50. The summed E-state index contributed by atoms with van der Waals surface area (Å²) in [4.78, 5) is 31.6. The Hall–Kier alpha value is -1.19. The molecule has 4 heteroatoms.